The quantitative estimate of drug-likeness (QED) is 0.197. The molecule has 34 heavy (non-hydrogen) atoms. The van der Waals surface area contributed by atoms with Crippen molar-refractivity contribution in [2.45, 2.75) is 70.4 Å². The molecule has 1 aliphatic rings. The molecule has 0 atom stereocenters. The molecule has 2 aromatic carbocycles. The van der Waals surface area contributed by atoms with Crippen LogP contribution in [0.2, 0.25) is 0 Å². The Kier molecular flexibility index (Phi) is 8.72. The third kappa shape index (κ3) is 5.97. The molecule has 0 amide bonds. The van der Waals surface area contributed by atoms with E-state index in [4.69, 9.17) is 4.74 Å². The van der Waals surface area contributed by atoms with Crippen molar-refractivity contribution < 1.29 is 31.1 Å². The van der Waals surface area contributed by atoms with E-state index in [1.807, 2.05) is 13.0 Å². The first-order valence-corrected chi connectivity index (χ1v) is 11.8. The van der Waals surface area contributed by atoms with Gasteiger partial charge in [-0.1, -0.05) is 37.6 Å². The Labute approximate surface area is 196 Å². The minimum absolute atomic E-state index is 0.0735. The van der Waals surface area contributed by atoms with Gasteiger partial charge >= 0.3 is 6.18 Å². The van der Waals surface area contributed by atoms with Gasteiger partial charge in [-0.05, 0) is 79.5 Å². The fourth-order valence-corrected chi connectivity index (χ4v) is 4.60. The van der Waals surface area contributed by atoms with Gasteiger partial charge in [-0.3, -0.25) is 0 Å². The van der Waals surface area contributed by atoms with Crippen LogP contribution >= 0.6 is 0 Å². The molecule has 0 N–H and O–H groups in total. The number of ether oxygens (including phenoxy) is 1. The van der Waals surface area contributed by atoms with Crippen LogP contribution in [0.15, 0.2) is 36.9 Å². The molecule has 0 radical (unpaired) electrons. The molecule has 0 heterocycles. The van der Waals surface area contributed by atoms with Crippen molar-refractivity contribution in [2.75, 3.05) is 6.61 Å². The largest absolute Gasteiger partial charge is 0.490 e. The number of allylic oxidation sites excluding steroid dienone is 1. The third-order valence-corrected chi connectivity index (χ3v) is 6.63. The summed E-state index contributed by atoms with van der Waals surface area (Å²) in [6.07, 6.45) is 0.695. The molecule has 2 aromatic rings. The number of aryl methyl sites for hydroxylation is 2. The van der Waals surface area contributed by atoms with E-state index in [2.05, 4.69) is 6.58 Å². The number of hydrogen-bond donors (Lipinski definition) is 0. The predicted molar refractivity (Wildman–Crippen MR) is 120 cm³/mol. The van der Waals surface area contributed by atoms with E-state index in [-0.39, 0.29) is 47.8 Å². The lowest BCUT2D eigenvalue weighted by molar-refractivity contribution is -0.140. The molecule has 1 nitrogen and oxygen atoms in total. The van der Waals surface area contributed by atoms with Gasteiger partial charge in [-0.25, -0.2) is 8.78 Å². The zero-order valence-corrected chi connectivity index (χ0v) is 19.3. The normalized spacial score (nSPS) is 18.7. The summed E-state index contributed by atoms with van der Waals surface area (Å²) >= 11 is 0. The molecule has 186 valence electrons. The number of hydrogen-bond acceptors (Lipinski definition) is 1. The number of halogens is 6. The Balaban J connectivity index is 1.81. The Hall–Kier alpha value is -2.44. The lowest BCUT2D eigenvalue weighted by Crippen LogP contribution is -2.18. The van der Waals surface area contributed by atoms with Crippen molar-refractivity contribution >= 4 is 0 Å². The lowest BCUT2D eigenvalue weighted by atomic mass is 9.78. The maximum Gasteiger partial charge on any atom is 0.419 e. The van der Waals surface area contributed by atoms with Gasteiger partial charge < -0.3 is 4.74 Å². The first kappa shape index (κ1) is 26.2. The van der Waals surface area contributed by atoms with Crippen LogP contribution in [0, 0.1) is 23.4 Å². The van der Waals surface area contributed by atoms with Crippen molar-refractivity contribution in [3.8, 4) is 5.75 Å². The van der Waals surface area contributed by atoms with Crippen LogP contribution in [-0.4, -0.2) is 6.61 Å². The van der Waals surface area contributed by atoms with Crippen molar-refractivity contribution in [1.82, 2.24) is 0 Å². The van der Waals surface area contributed by atoms with Gasteiger partial charge in [0.2, 0.25) is 5.82 Å². The van der Waals surface area contributed by atoms with Crippen molar-refractivity contribution in [3.63, 3.8) is 0 Å². The molecule has 0 spiro atoms. The van der Waals surface area contributed by atoms with Crippen LogP contribution < -0.4 is 4.74 Å². The summed E-state index contributed by atoms with van der Waals surface area (Å²) in [6.45, 7) is 5.93. The van der Waals surface area contributed by atoms with Gasteiger partial charge in [-0.2, -0.15) is 17.6 Å². The second-order valence-electron chi connectivity index (χ2n) is 8.90. The molecule has 1 fully saturated rings. The van der Waals surface area contributed by atoms with Crippen LogP contribution in [0.1, 0.15) is 73.6 Å². The molecule has 7 heteroatoms. The standard InChI is InChI=1S/C27H30F6O/c1-3-5-16-34-22-15-13-20(24(28)26(22)30)11-10-19-12-14-21(25(29)23(19)27(31,32)33)18-8-6-17(4-2)7-9-18/h4,12-15,17-18H,2-3,5-11,16H2,1H3. The van der Waals surface area contributed by atoms with Gasteiger partial charge in [0.1, 0.15) is 5.82 Å². The summed E-state index contributed by atoms with van der Waals surface area (Å²) in [6, 6.07) is 5.27. The third-order valence-electron chi connectivity index (χ3n) is 6.63. The first-order valence-electron chi connectivity index (χ1n) is 11.8. The topological polar surface area (TPSA) is 9.23 Å². The Bertz CT molecular complexity index is 990. The average Bonchev–Trinajstić information content (AvgIpc) is 2.80. The first-order chi connectivity index (χ1) is 16.2. The summed E-state index contributed by atoms with van der Waals surface area (Å²) in [5.41, 5.74) is -1.59. The Morgan fingerprint density at radius 1 is 0.912 bits per heavy atom. The van der Waals surface area contributed by atoms with E-state index < -0.39 is 29.2 Å². The second kappa shape index (κ2) is 11.3. The highest BCUT2D eigenvalue weighted by Crippen LogP contribution is 2.42. The number of benzene rings is 2. The molecule has 1 saturated carbocycles. The smallest absolute Gasteiger partial charge is 0.419 e. The highest BCUT2D eigenvalue weighted by molar-refractivity contribution is 5.39. The van der Waals surface area contributed by atoms with Crippen LogP contribution in [0.5, 0.6) is 5.75 Å². The molecule has 0 unspecified atom stereocenters. The summed E-state index contributed by atoms with van der Waals surface area (Å²) in [5.74, 6) is -3.77. The fraction of sp³-hybridized carbons (Fsp3) is 0.481. The lowest BCUT2D eigenvalue weighted by Gasteiger charge is -2.28. The average molecular weight is 485 g/mol. The Morgan fingerprint density at radius 2 is 1.56 bits per heavy atom. The van der Waals surface area contributed by atoms with Gasteiger partial charge in [0.25, 0.3) is 0 Å². The number of unbranched alkanes of at least 4 members (excludes halogenated alkanes) is 1. The fourth-order valence-electron chi connectivity index (χ4n) is 4.60. The molecule has 1 aliphatic carbocycles. The maximum absolute atomic E-state index is 15.2. The summed E-state index contributed by atoms with van der Waals surface area (Å²) in [7, 11) is 0. The SMILES string of the molecule is C=CC1CCC(c2ccc(CCc3ccc(OCCCC)c(F)c3F)c(C(F)(F)F)c2F)CC1. The zero-order valence-electron chi connectivity index (χ0n) is 19.3. The summed E-state index contributed by atoms with van der Waals surface area (Å²) < 4.78 is 90.7. The summed E-state index contributed by atoms with van der Waals surface area (Å²) in [4.78, 5) is 0. The van der Waals surface area contributed by atoms with E-state index in [0.29, 0.717) is 25.2 Å². The van der Waals surface area contributed by atoms with Gasteiger partial charge in [-0.15, -0.1) is 6.58 Å². The minimum atomic E-state index is -4.89. The second-order valence-corrected chi connectivity index (χ2v) is 8.90. The Morgan fingerprint density at radius 3 is 2.18 bits per heavy atom. The monoisotopic (exact) mass is 484 g/mol. The molecular weight excluding hydrogens is 454 g/mol. The van der Waals surface area contributed by atoms with Gasteiger partial charge in [0.15, 0.2) is 11.6 Å². The van der Waals surface area contributed by atoms with Crippen LogP contribution in [0.4, 0.5) is 26.3 Å². The van der Waals surface area contributed by atoms with E-state index >= 15 is 4.39 Å². The van der Waals surface area contributed by atoms with E-state index in [9.17, 15) is 22.0 Å². The van der Waals surface area contributed by atoms with Crippen LogP contribution in [0.3, 0.4) is 0 Å². The van der Waals surface area contributed by atoms with Crippen molar-refractivity contribution in [3.05, 3.63) is 76.6 Å². The predicted octanol–water partition coefficient (Wildman–Crippen LogP) is 8.55. The van der Waals surface area contributed by atoms with Gasteiger partial charge in [0, 0.05) is 0 Å². The highest BCUT2D eigenvalue weighted by atomic mass is 19.4. The number of rotatable bonds is 9. The van der Waals surface area contributed by atoms with Crippen molar-refractivity contribution in [1.29, 1.82) is 0 Å². The van der Waals surface area contributed by atoms with Crippen molar-refractivity contribution in [2.24, 2.45) is 5.92 Å². The van der Waals surface area contributed by atoms with E-state index in [1.165, 1.54) is 24.3 Å². The molecule has 0 aromatic heterocycles. The molecule has 3 rings (SSSR count). The number of alkyl halides is 3. The highest BCUT2D eigenvalue weighted by Gasteiger charge is 2.39. The van der Waals surface area contributed by atoms with Gasteiger partial charge in [0.05, 0.1) is 12.2 Å². The molecule has 0 aliphatic heterocycles. The molecule has 0 bridgehead atoms. The maximum atomic E-state index is 15.2. The minimum Gasteiger partial charge on any atom is -0.490 e. The zero-order chi connectivity index (χ0) is 24.9. The summed E-state index contributed by atoms with van der Waals surface area (Å²) in [5, 5.41) is 0. The van der Waals surface area contributed by atoms with E-state index in [1.54, 1.807) is 0 Å². The molecular formula is C27H30F6O. The van der Waals surface area contributed by atoms with Crippen LogP contribution in [0.25, 0.3) is 0 Å². The van der Waals surface area contributed by atoms with Crippen LogP contribution in [-0.2, 0) is 19.0 Å². The molecule has 0 saturated heterocycles. The van der Waals surface area contributed by atoms with E-state index in [0.717, 1.165) is 19.3 Å².